The van der Waals surface area contributed by atoms with Gasteiger partial charge in [-0.25, -0.2) is 13.4 Å². The standard InChI is InChI=1S/C20H22F6N4O2S/c21-19(22,23)15-4-6-18-14(7-15)9-29(33(31,32)20(24,25)26)11-17(5-3-13-1-2-13)30(18)10-16-8-27-12-28-16/h4,6-8,12-13,17H,1-3,5,9-11H2,(H,27,28)/t17-/m1/s1. The number of nitrogens with one attached hydrogen (secondary N) is 1. The molecular formula is C20H22F6N4O2S. The van der Waals surface area contributed by atoms with Crippen molar-refractivity contribution in [1.29, 1.82) is 0 Å². The summed E-state index contributed by atoms with van der Waals surface area (Å²) in [6.07, 6.45) is 1.31. The number of hydrogen-bond acceptors (Lipinski definition) is 4. The van der Waals surface area contributed by atoms with E-state index in [-0.39, 0.29) is 22.1 Å². The molecule has 1 saturated carbocycles. The lowest BCUT2D eigenvalue weighted by Gasteiger charge is -2.34. The highest BCUT2D eigenvalue weighted by molar-refractivity contribution is 7.89. The maximum absolute atomic E-state index is 13.4. The van der Waals surface area contributed by atoms with Gasteiger partial charge in [-0.2, -0.15) is 30.6 Å². The van der Waals surface area contributed by atoms with Crippen LogP contribution in [-0.2, 0) is 29.3 Å². The van der Waals surface area contributed by atoms with Gasteiger partial charge in [0.05, 0.1) is 24.1 Å². The third-order valence-electron chi connectivity index (χ3n) is 6.05. The van der Waals surface area contributed by atoms with Crippen LogP contribution in [0.2, 0.25) is 0 Å². The number of aromatic amines is 1. The van der Waals surface area contributed by atoms with Gasteiger partial charge in [0.25, 0.3) is 0 Å². The molecule has 2 aromatic rings. The molecule has 1 N–H and O–H groups in total. The lowest BCUT2D eigenvalue weighted by atomic mass is 10.0. The summed E-state index contributed by atoms with van der Waals surface area (Å²) in [5.41, 5.74) is -5.87. The molecule has 0 spiro atoms. The predicted octanol–water partition coefficient (Wildman–Crippen LogP) is 4.66. The fourth-order valence-corrected chi connectivity index (χ4v) is 5.10. The van der Waals surface area contributed by atoms with Crippen LogP contribution in [0.3, 0.4) is 0 Å². The van der Waals surface area contributed by atoms with Gasteiger partial charge in [-0.15, -0.1) is 0 Å². The van der Waals surface area contributed by atoms with Crippen molar-refractivity contribution < 1.29 is 34.8 Å². The van der Waals surface area contributed by atoms with Gasteiger partial charge in [0.1, 0.15) is 0 Å². The van der Waals surface area contributed by atoms with Gasteiger partial charge in [-0.3, -0.25) is 0 Å². The number of imidazole rings is 1. The number of benzene rings is 1. The number of aromatic nitrogens is 2. The van der Waals surface area contributed by atoms with E-state index in [1.165, 1.54) is 18.6 Å². The van der Waals surface area contributed by atoms with Crippen LogP contribution in [0.5, 0.6) is 0 Å². The van der Waals surface area contributed by atoms with Crippen LogP contribution < -0.4 is 4.90 Å². The molecule has 1 aliphatic heterocycles. The van der Waals surface area contributed by atoms with Crippen LogP contribution in [-0.4, -0.2) is 40.8 Å². The van der Waals surface area contributed by atoms with E-state index in [2.05, 4.69) is 9.97 Å². The minimum atomic E-state index is -5.75. The predicted molar refractivity (Wildman–Crippen MR) is 107 cm³/mol. The van der Waals surface area contributed by atoms with Crippen LogP contribution in [0.1, 0.15) is 42.5 Å². The molecule has 2 aliphatic rings. The third kappa shape index (κ3) is 5.13. The fourth-order valence-electron chi connectivity index (χ4n) is 4.13. The van der Waals surface area contributed by atoms with Crippen molar-refractivity contribution in [3.63, 3.8) is 0 Å². The fraction of sp³-hybridized carbons (Fsp3) is 0.550. The van der Waals surface area contributed by atoms with E-state index in [0.29, 0.717) is 24.5 Å². The molecule has 0 bridgehead atoms. The number of anilines is 1. The summed E-state index contributed by atoms with van der Waals surface area (Å²) in [5.74, 6) is 0.432. The number of alkyl halides is 6. The first-order chi connectivity index (χ1) is 15.4. The van der Waals surface area contributed by atoms with Crippen molar-refractivity contribution in [2.24, 2.45) is 5.92 Å². The summed E-state index contributed by atoms with van der Waals surface area (Å²) in [6, 6.07) is 2.15. The largest absolute Gasteiger partial charge is 0.511 e. The first-order valence-corrected chi connectivity index (χ1v) is 11.8. The third-order valence-corrected chi connectivity index (χ3v) is 7.59. The van der Waals surface area contributed by atoms with E-state index in [0.717, 1.165) is 25.0 Å². The summed E-state index contributed by atoms with van der Waals surface area (Å²) in [4.78, 5) is 8.51. The van der Waals surface area contributed by atoms with Crippen LogP contribution in [0.25, 0.3) is 0 Å². The van der Waals surface area contributed by atoms with Crippen LogP contribution in [0.4, 0.5) is 32.0 Å². The number of sulfonamides is 1. The van der Waals surface area contributed by atoms with E-state index in [1.54, 1.807) is 4.90 Å². The molecule has 182 valence electrons. The molecule has 33 heavy (non-hydrogen) atoms. The normalized spacial score (nSPS) is 20.5. The summed E-state index contributed by atoms with van der Waals surface area (Å²) in [6.45, 7) is -1.16. The maximum atomic E-state index is 13.4. The van der Waals surface area contributed by atoms with Crippen molar-refractivity contribution in [1.82, 2.24) is 14.3 Å². The van der Waals surface area contributed by atoms with Crippen LogP contribution in [0, 0.1) is 5.92 Å². The lowest BCUT2D eigenvalue weighted by Crippen LogP contribution is -2.47. The molecule has 1 atom stereocenters. The molecule has 0 unspecified atom stereocenters. The molecule has 0 radical (unpaired) electrons. The summed E-state index contributed by atoms with van der Waals surface area (Å²) in [5, 5.41) is 0. The van der Waals surface area contributed by atoms with E-state index in [9.17, 15) is 34.8 Å². The second kappa shape index (κ2) is 8.49. The Morgan fingerprint density at radius 1 is 1.09 bits per heavy atom. The van der Waals surface area contributed by atoms with Crippen molar-refractivity contribution in [3.8, 4) is 0 Å². The average Bonchev–Trinajstić information content (AvgIpc) is 3.43. The molecule has 4 rings (SSSR count). The Hall–Kier alpha value is -2.28. The highest BCUT2D eigenvalue weighted by atomic mass is 32.2. The zero-order valence-corrected chi connectivity index (χ0v) is 18.1. The number of halogens is 6. The maximum Gasteiger partial charge on any atom is 0.511 e. The van der Waals surface area contributed by atoms with Crippen molar-refractivity contribution in [2.45, 2.75) is 56.5 Å². The Labute approximate surface area is 186 Å². The van der Waals surface area contributed by atoms with Gasteiger partial charge in [-0.1, -0.05) is 12.8 Å². The smallest absolute Gasteiger partial charge is 0.361 e. The Bertz CT molecular complexity index is 1080. The Kier molecular flexibility index (Phi) is 6.14. The van der Waals surface area contributed by atoms with E-state index >= 15 is 0 Å². The summed E-state index contributed by atoms with van der Waals surface area (Å²) >= 11 is 0. The molecule has 1 aliphatic carbocycles. The van der Waals surface area contributed by atoms with Crippen molar-refractivity contribution >= 4 is 15.7 Å². The van der Waals surface area contributed by atoms with Gasteiger partial charge < -0.3 is 9.88 Å². The zero-order chi connectivity index (χ0) is 24.0. The number of rotatable bonds is 6. The number of hydrogen-bond donors (Lipinski definition) is 1. The first-order valence-electron chi connectivity index (χ1n) is 10.4. The topological polar surface area (TPSA) is 69.3 Å². The molecule has 0 saturated heterocycles. The second-order valence-electron chi connectivity index (χ2n) is 8.46. The van der Waals surface area contributed by atoms with Crippen LogP contribution >= 0.6 is 0 Å². The SMILES string of the molecule is O=S(=O)(N1Cc2cc(C(F)(F)F)ccc2N(Cc2cnc[nH]2)[C@H](CCC2CC2)C1)C(F)(F)F. The van der Waals surface area contributed by atoms with Gasteiger partial charge >= 0.3 is 21.7 Å². The van der Waals surface area contributed by atoms with Gasteiger partial charge in [0.15, 0.2) is 0 Å². The molecule has 6 nitrogen and oxygen atoms in total. The molecule has 0 amide bonds. The summed E-state index contributed by atoms with van der Waals surface area (Å²) in [7, 11) is -5.75. The minimum Gasteiger partial charge on any atom is -0.361 e. The Balaban J connectivity index is 1.80. The second-order valence-corrected chi connectivity index (χ2v) is 10.4. The summed E-state index contributed by atoms with van der Waals surface area (Å²) < 4.78 is 105. The zero-order valence-electron chi connectivity index (χ0n) is 17.3. The minimum absolute atomic E-state index is 0.133. The quantitative estimate of drug-likeness (QED) is 0.591. The van der Waals surface area contributed by atoms with E-state index < -0.39 is 46.4 Å². The highest BCUT2D eigenvalue weighted by Crippen LogP contribution is 2.40. The van der Waals surface area contributed by atoms with Crippen molar-refractivity contribution in [2.75, 3.05) is 11.4 Å². The van der Waals surface area contributed by atoms with E-state index in [1.807, 2.05) is 0 Å². The number of nitrogens with zero attached hydrogens (tertiary/aromatic N) is 3. The van der Waals surface area contributed by atoms with Crippen molar-refractivity contribution in [3.05, 3.63) is 47.5 Å². The van der Waals surface area contributed by atoms with Gasteiger partial charge in [-0.05, 0) is 42.5 Å². The molecule has 1 fully saturated rings. The number of H-pyrrole nitrogens is 1. The molecule has 2 heterocycles. The van der Waals surface area contributed by atoms with Gasteiger partial charge in [0.2, 0.25) is 0 Å². The average molecular weight is 496 g/mol. The monoisotopic (exact) mass is 496 g/mol. The molecule has 1 aromatic heterocycles. The van der Waals surface area contributed by atoms with Gasteiger partial charge in [0, 0.05) is 31.0 Å². The van der Waals surface area contributed by atoms with Crippen LogP contribution in [0.15, 0.2) is 30.7 Å². The highest BCUT2D eigenvalue weighted by Gasteiger charge is 2.51. The van der Waals surface area contributed by atoms with E-state index in [4.69, 9.17) is 0 Å². The molecule has 13 heteroatoms. The first kappa shape index (κ1) is 23.9. The number of fused-ring (bicyclic) bond motifs is 1. The molecule has 1 aromatic carbocycles. The molecular weight excluding hydrogens is 474 g/mol. The Morgan fingerprint density at radius 3 is 2.39 bits per heavy atom. The Morgan fingerprint density at radius 2 is 1.82 bits per heavy atom. The lowest BCUT2D eigenvalue weighted by molar-refractivity contribution is -0.137.